The van der Waals surface area contributed by atoms with Gasteiger partial charge in [-0.05, 0) is 24.5 Å². The van der Waals surface area contributed by atoms with Crippen LogP contribution in [0.3, 0.4) is 0 Å². The molecule has 1 saturated heterocycles. The minimum absolute atomic E-state index is 0.0490. The molecule has 1 aromatic heterocycles. The Morgan fingerprint density at radius 2 is 1.88 bits per heavy atom. The average Bonchev–Trinajstić information content (AvgIpc) is 3.14. The average molecular weight is 344 g/mol. The maximum atomic E-state index is 12.8. The Morgan fingerprint density at radius 1 is 1.08 bits per heavy atom. The van der Waals surface area contributed by atoms with Gasteiger partial charge < -0.3 is 4.74 Å². The zero-order valence-electron chi connectivity index (χ0n) is 13.3. The maximum absolute atomic E-state index is 12.8. The standard InChI is InChI=1S/C18H20N2O3S/c21-24(22,13-14-6-2-1-3-7-14)20-12-15-9-10-16(20)18(15)23-17-8-4-5-11-19-17/h1-8,11,15-16,18H,9-10,12-13H2/t15-,16+,18-/m1/s1. The van der Waals surface area contributed by atoms with Gasteiger partial charge in [-0.25, -0.2) is 13.4 Å². The summed E-state index contributed by atoms with van der Waals surface area (Å²) in [6.45, 7) is 0.553. The molecule has 1 aliphatic heterocycles. The normalized spacial score (nSPS) is 26.6. The van der Waals surface area contributed by atoms with Gasteiger partial charge >= 0.3 is 0 Å². The molecule has 3 atom stereocenters. The van der Waals surface area contributed by atoms with E-state index in [4.69, 9.17) is 4.74 Å². The topological polar surface area (TPSA) is 59.5 Å². The first-order chi connectivity index (χ1) is 11.6. The van der Waals surface area contributed by atoms with Crippen LogP contribution >= 0.6 is 0 Å². The van der Waals surface area contributed by atoms with E-state index in [0.717, 1.165) is 18.4 Å². The summed E-state index contributed by atoms with van der Waals surface area (Å²) in [5.74, 6) is 0.872. The molecule has 1 aromatic carbocycles. The summed E-state index contributed by atoms with van der Waals surface area (Å²) in [6.07, 6.45) is 3.47. The summed E-state index contributed by atoms with van der Waals surface area (Å²) in [4.78, 5) is 4.20. The molecule has 2 heterocycles. The molecule has 5 nitrogen and oxygen atoms in total. The zero-order valence-corrected chi connectivity index (χ0v) is 14.1. The molecule has 2 fully saturated rings. The van der Waals surface area contributed by atoms with Gasteiger partial charge in [-0.2, -0.15) is 4.31 Å². The Labute approximate surface area is 142 Å². The van der Waals surface area contributed by atoms with Crippen LogP contribution in [0.2, 0.25) is 0 Å². The van der Waals surface area contributed by atoms with Gasteiger partial charge in [-0.15, -0.1) is 0 Å². The predicted molar refractivity (Wildman–Crippen MR) is 90.9 cm³/mol. The lowest BCUT2D eigenvalue weighted by molar-refractivity contribution is 0.161. The first-order valence-electron chi connectivity index (χ1n) is 8.24. The number of aromatic nitrogens is 1. The zero-order chi connectivity index (χ0) is 16.6. The van der Waals surface area contributed by atoms with Crippen LogP contribution in [0, 0.1) is 5.92 Å². The smallest absolute Gasteiger partial charge is 0.218 e. The molecule has 4 rings (SSSR count). The summed E-state index contributed by atoms with van der Waals surface area (Å²) >= 11 is 0. The minimum atomic E-state index is -3.34. The number of rotatable bonds is 5. The molecule has 1 aliphatic carbocycles. The van der Waals surface area contributed by atoms with Crippen molar-refractivity contribution in [1.82, 2.24) is 9.29 Å². The molecule has 0 N–H and O–H groups in total. The number of ether oxygens (including phenoxy) is 1. The molecule has 0 radical (unpaired) electrons. The number of sulfonamides is 1. The van der Waals surface area contributed by atoms with E-state index >= 15 is 0 Å². The summed E-state index contributed by atoms with van der Waals surface area (Å²) < 4.78 is 33.4. The second kappa shape index (κ2) is 6.18. The monoisotopic (exact) mass is 344 g/mol. The Kier molecular flexibility index (Phi) is 4.02. The molecule has 2 aromatic rings. The van der Waals surface area contributed by atoms with Crippen molar-refractivity contribution in [2.45, 2.75) is 30.7 Å². The Bertz CT molecular complexity index is 796. The van der Waals surface area contributed by atoms with Crippen LogP contribution in [0.15, 0.2) is 54.7 Å². The predicted octanol–water partition coefficient (Wildman–Crippen LogP) is 2.45. The highest BCUT2D eigenvalue weighted by Gasteiger charge is 2.52. The van der Waals surface area contributed by atoms with E-state index in [-0.39, 0.29) is 23.8 Å². The van der Waals surface area contributed by atoms with Crippen molar-refractivity contribution in [3.05, 3.63) is 60.3 Å². The van der Waals surface area contributed by atoms with Gasteiger partial charge in [0, 0.05) is 24.7 Å². The third-order valence-corrected chi connectivity index (χ3v) is 6.74. The van der Waals surface area contributed by atoms with E-state index in [1.165, 1.54) is 0 Å². The fourth-order valence-corrected chi connectivity index (χ4v) is 5.65. The minimum Gasteiger partial charge on any atom is -0.472 e. The molecule has 24 heavy (non-hydrogen) atoms. The second-order valence-electron chi connectivity index (χ2n) is 6.47. The lowest BCUT2D eigenvalue weighted by Gasteiger charge is -2.26. The maximum Gasteiger partial charge on any atom is 0.218 e. The molecular weight excluding hydrogens is 324 g/mol. The van der Waals surface area contributed by atoms with Gasteiger partial charge in [0.05, 0.1) is 11.8 Å². The van der Waals surface area contributed by atoms with Crippen molar-refractivity contribution in [2.24, 2.45) is 5.92 Å². The fourth-order valence-electron chi connectivity index (χ4n) is 3.82. The SMILES string of the molecule is O=S(=O)(Cc1ccccc1)N1C[C@H]2CC[C@H]1[C@@H]2Oc1ccccn1. The number of nitrogens with zero attached hydrogens (tertiary/aromatic N) is 2. The summed E-state index contributed by atoms with van der Waals surface area (Å²) in [5, 5.41) is 0. The molecular formula is C18H20N2O3S. The molecule has 0 unspecified atom stereocenters. The molecule has 126 valence electrons. The first-order valence-corrected chi connectivity index (χ1v) is 9.85. The van der Waals surface area contributed by atoms with Crippen LogP contribution in [-0.2, 0) is 15.8 Å². The molecule has 2 aliphatic rings. The van der Waals surface area contributed by atoms with Crippen molar-refractivity contribution in [2.75, 3.05) is 6.54 Å². The Morgan fingerprint density at radius 3 is 2.62 bits per heavy atom. The highest BCUT2D eigenvalue weighted by atomic mass is 32.2. The molecule has 6 heteroatoms. The van der Waals surface area contributed by atoms with Crippen LogP contribution in [0.5, 0.6) is 5.88 Å². The third-order valence-electron chi connectivity index (χ3n) is 4.91. The number of benzene rings is 1. The second-order valence-corrected chi connectivity index (χ2v) is 8.39. The third kappa shape index (κ3) is 2.91. The summed E-state index contributed by atoms with van der Waals surface area (Å²) in [7, 11) is -3.34. The van der Waals surface area contributed by atoms with Gasteiger partial charge in [0.2, 0.25) is 15.9 Å². The Hall–Kier alpha value is -1.92. The van der Waals surface area contributed by atoms with Crippen molar-refractivity contribution < 1.29 is 13.2 Å². The van der Waals surface area contributed by atoms with E-state index in [0.29, 0.717) is 12.4 Å². The van der Waals surface area contributed by atoms with Gasteiger partial charge in [0.15, 0.2) is 0 Å². The van der Waals surface area contributed by atoms with Crippen molar-refractivity contribution in [3.63, 3.8) is 0 Å². The lowest BCUT2D eigenvalue weighted by Crippen LogP contribution is -2.41. The van der Waals surface area contributed by atoms with Gasteiger partial charge in [-0.3, -0.25) is 0 Å². The van der Waals surface area contributed by atoms with Crippen LogP contribution in [0.25, 0.3) is 0 Å². The highest BCUT2D eigenvalue weighted by molar-refractivity contribution is 7.88. The molecule has 2 bridgehead atoms. The van der Waals surface area contributed by atoms with Crippen LogP contribution in [0.4, 0.5) is 0 Å². The van der Waals surface area contributed by atoms with E-state index in [9.17, 15) is 8.42 Å². The van der Waals surface area contributed by atoms with Gasteiger partial charge in [0.1, 0.15) is 6.10 Å². The fraction of sp³-hybridized carbons (Fsp3) is 0.389. The number of piperidine rings is 1. The molecule has 0 amide bonds. The van der Waals surface area contributed by atoms with Gasteiger partial charge in [-0.1, -0.05) is 36.4 Å². The first kappa shape index (κ1) is 15.6. The van der Waals surface area contributed by atoms with Crippen LogP contribution in [0.1, 0.15) is 18.4 Å². The Balaban J connectivity index is 1.51. The van der Waals surface area contributed by atoms with Crippen molar-refractivity contribution in [1.29, 1.82) is 0 Å². The summed E-state index contributed by atoms with van der Waals surface area (Å²) in [6, 6.07) is 14.8. The number of hydrogen-bond acceptors (Lipinski definition) is 4. The van der Waals surface area contributed by atoms with Crippen LogP contribution in [-0.4, -0.2) is 36.4 Å². The molecule has 1 saturated carbocycles. The number of fused-ring (bicyclic) bond motifs is 2. The number of pyridine rings is 1. The van der Waals surface area contributed by atoms with E-state index in [1.807, 2.05) is 48.5 Å². The largest absolute Gasteiger partial charge is 0.472 e. The van der Waals surface area contributed by atoms with E-state index < -0.39 is 10.0 Å². The van der Waals surface area contributed by atoms with Crippen LogP contribution < -0.4 is 4.74 Å². The van der Waals surface area contributed by atoms with Crippen molar-refractivity contribution >= 4 is 10.0 Å². The van der Waals surface area contributed by atoms with Crippen molar-refractivity contribution in [3.8, 4) is 5.88 Å². The summed E-state index contributed by atoms with van der Waals surface area (Å²) in [5.41, 5.74) is 0.822. The molecule has 0 spiro atoms. The highest BCUT2D eigenvalue weighted by Crippen LogP contribution is 2.41. The van der Waals surface area contributed by atoms with E-state index in [1.54, 1.807) is 10.5 Å². The number of hydrogen-bond donors (Lipinski definition) is 0. The quantitative estimate of drug-likeness (QED) is 0.836. The van der Waals surface area contributed by atoms with E-state index in [2.05, 4.69) is 4.98 Å². The van der Waals surface area contributed by atoms with Gasteiger partial charge in [0.25, 0.3) is 0 Å². The lowest BCUT2D eigenvalue weighted by atomic mass is 10.1.